The zero-order valence-electron chi connectivity index (χ0n) is 9.51. The molecule has 1 fully saturated rings. The predicted octanol–water partition coefficient (Wildman–Crippen LogP) is 1.47. The van der Waals surface area contributed by atoms with E-state index in [4.69, 9.17) is 4.74 Å². The summed E-state index contributed by atoms with van der Waals surface area (Å²) in [5.74, 6) is 0.352. The molecule has 1 aliphatic rings. The molecule has 0 saturated carbocycles. The van der Waals surface area contributed by atoms with E-state index in [-0.39, 0.29) is 5.60 Å². The molecule has 0 radical (unpaired) electrons. The maximum absolute atomic E-state index is 11.4. The molecule has 0 bridgehead atoms. The van der Waals surface area contributed by atoms with Crippen LogP contribution in [0, 0.1) is 0 Å². The molecule has 0 N–H and O–H groups in total. The molecule has 0 aliphatic carbocycles. The number of rotatable bonds is 4. The molecule has 3 heteroatoms. The van der Waals surface area contributed by atoms with E-state index in [1.165, 1.54) is 0 Å². The van der Waals surface area contributed by atoms with Crippen molar-refractivity contribution in [2.24, 2.45) is 0 Å². The van der Waals surface area contributed by atoms with Gasteiger partial charge in [0.25, 0.3) is 0 Å². The SMILES string of the molecule is CCCC(=O)CN1CCOC(C)(C)C1. The molecule has 3 nitrogen and oxygen atoms in total. The quantitative estimate of drug-likeness (QED) is 0.686. The zero-order valence-corrected chi connectivity index (χ0v) is 9.51. The van der Waals surface area contributed by atoms with Crippen molar-refractivity contribution in [2.45, 2.75) is 39.2 Å². The summed E-state index contributed by atoms with van der Waals surface area (Å²) < 4.78 is 5.58. The van der Waals surface area contributed by atoms with E-state index in [2.05, 4.69) is 18.7 Å². The Morgan fingerprint density at radius 1 is 1.50 bits per heavy atom. The maximum atomic E-state index is 11.4. The lowest BCUT2D eigenvalue weighted by molar-refractivity contribution is -0.125. The highest BCUT2D eigenvalue weighted by molar-refractivity contribution is 5.80. The number of ketones is 1. The number of carbonyl (C=O) groups is 1. The molecule has 1 saturated heterocycles. The number of nitrogens with zero attached hydrogens (tertiary/aromatic N) is 1. The Labute approximate surface area is 86.4 Å². The van der Waals surface area contributed by atoms with E-state index >= 15 is 0 Å². The van der Waals surface area contributed by atoms with Gasteiger partial charge in [0.15, 0.2) is 0 Å². The number of carbonyl (C=O) groups excluding carboxylic acids is 1. The van der Waals surface area contributed by atoms with E-state index in [0.717, 1.165) is 26.1 Å². The van der Waals surface area contributed by atoms with E-state index in [9.17, 15) is 4.79 Å². The second-order valence-electron chi connectivity index (χ2n) is 4.61. The van der Waals surface area contributed by atoms with E-state index < -0.39 is 0 Å². The number of morpholine rings is 1. The summed E-state index contributed by atoms with van der Waals surface area (Å²) in [7, 11) is 0. The van der Waals surface area contributed by atoms with Crippen LogP contribution in [0.15, 0.2) is 0 Å². The third kappa shape index (κ3) is 3.76. The number of ether oxygens (including phenoxy) is 1. The average Bonchev–Trinajstić information content (AvgIpc) is 2.02. The van der Waals surface area contributed by atoms with Crippen molar-refractivity contribution >= 4 is 5.78 Å². The van der Waals surface area contributed by atoms with Crippen LogP contribution in [0.1, 0.15) is 33.6 Å². The van der Waals surface area contributed by atoms with Crippen LogP contribution in [0.25, 0.3) is 0 Å². The van der Waals surface area contributed by atoms with Crippen LogP contribution >= 0.6 is 0 Å². The normalized spacial score (nSPS) is 22.2. The lowest BCUT2D eigenvalue weighted by Crippen LogP contribution is -2.49. The molecule has 0 amide bonds. The van der Waals surface area contributed by atoms with E-state index in [1.54, 1.807) is 0 Å². The van der Waals surface area contributed by atoms with Crippen molar-refractivity contribution in [3.63, 3.8) is 0 Å². The van der Waals surface area contributed by atoms with Crippen molar-refractivity contribution in [3.8, 4) is 0 Å². The van der Waals surface area contributed by atoms with Crippen molar-refractivity contribution in [1.82, 2.24) is 4.90 Å². The lowest BCUT2D eigenvalue weighted by Gasteiger charge is -2.37. The van der Waals surface area contributed by atoms with Gasteiger partial charge in [0.05, 0.1) is 18.8 Å². The summed E-state index contributed by atoms with van der Waals surface area (Å²) in [5, 5.41) is 0. The Hall–Kier alpha value is -0.410. The van der Waals surface area contributed by atoms with Gasteiger partial charge in [-0.05, 0) is 20.3 Å². The molecule has 0 aromatic rings. The molecule has 0 aromatic heterocycles. The fourth-order valence-corrected chi connectivity index (χ4v) is 1.86. The molecular weight excluding hydrogens is 178 g/mol. The largest absolute Gasteiger partial charge is 0.373 e. The molecular formula is C11H21NO2. The van der Waals surface area contributed by atoms with Crippen LogP contribution in [0.4, 0.5) is 0 Å². The molecule has 0 spiro atoms. The topological polar surface area (TPSA) is 29.5 Å². The smallest absolute Gasteiger partial charge is 0.146 e. The number of Topliss-reactive ketones (excluding diaryl/α,β-unsaturated/α-hetero) is 1. The summed E-state index contributed by atoms with van der Waals surface area (Å²) in [6.07, 6.45) is 1.66. The minimum Gasteiger partial charge on any atom is -0.373 e. The first-order chi connectivity index (χ1) is 6.53. The molecule has 1 aliphatic heterocycles. The summed E-state index contributed by atoms with van der Waals surface area (Å²) in [6, 6.07) is 0. The minimum absolute atomic E-state index is 0.0925. The zero-order chi connectivity index (χ0) is 10.6. The van der Waals surface area contributed by atoms with Gasteiger partial charge in [-0.1, -0.05) is 6.92 Å². The summed E-state index contributed by atoms with van der Waals surface area (Å²) in [6.45, 7) is 9.28. The highest BCUT2D eigenvalue weighted by atomic mass is 16.5. The van der Waals surface area contributed by atoms with Crippen LogP contribution in [0.2, 0.25) is 0 Å². The van der Waals surface area contributed by atoms with Crippen LogP contribution < -0.4 is 0 Å². The monoisotopic (exact) mass is 199 g/mol. The van der Waals surface area contributed by atoms with Crippen molar-refractivity contribution in [2.75, 3.05) is 26.2 Å². The van der Waals surface area contributed by atoms with Crippen LogP contribution in [0.5, 0.6) is 0 Å². The Balaban J connectivity index is 2.34. The van der Waals surface area contributed by atoms with Gasteiger partial charge in [-0.2, -0.15) is 0 Å². The molecule has 1 rings (SSSR count). The highest BCUT2D eigenvalue weighted by Crippen LogP contribution is 2.16. The molecule has 0 aromatic carbocycles. The molecule has 82 valence electrons. The first-order valence-corrected chi connectivity index (χ1v) is 5.41. The Kier molecular flexibility index (Phi) is 4.08. The van der Waals surface area contributed by atoms with Gasteiger partial charge < -0.3 is 4.74 Å². The highest BCUT2D eigenvalue weighted by Gasteiger charge is 2.27. The second kappa shape index (κ2) is 4.89. The van der Waals surface area contributed by atoms with Gasteiger partial charge >= 0.3 is 0 Å². The minimum atomic E-state index is -0.0925. The summed E-state index contributed by atoms with van der Waals surface area (Å²) in [5.41, 5.74) is -0.0925. The summed E-state index contributed by atoms with van der Waals surface area (Å²) >= 11 is 0. The summed E-state index contributed by atoms with van der Waals surface area (Å²) in [4.78, 5) is 13.6. The van der Waals surface area contributed by atoms with E-state index in [1.807, 2.05) is 6.92 Å². The van der Waals surface area contributed by atoms with Gasteiger partial charge in [0.2, 0.25) is 0 Å². The van der Waals surface area contributed by atoms with Gasteiger partial charge in [0.1, 0.15) is 5.78 Å². The average molecular weight is 199 g/mol. The number of hydrogen-bond donors (Lipinski definition) is 0. The number of hydrogen-bond acceptors (Lipinski definition) is 3. The van der Waals surface area contributed by atoms with Gasteiger partial charge in [-0.25, -0.2) is 0 Å². The lowest BCUT2D eigenvalue weighted by atomic mass is 10.1. The molecule has 0 atom stereocenters. The Morgan fingerprint density at radius 2 is 2.21 bits per heavy atom. The Morgan fingerprint density at radius 3 is 2.79 bits per heavy atom. The Bertz CT molecular complexity index is 201. The molecule has 0 unspecified atom stereocenters. The molecule has 14 heavy (non-hydrogen) atoms. The van der Waals surface area contributed by atoms with Crippen LogP contribution in [0.3, 0.4) is 0 Å². The first-order valence-electron chi connectivity index (χ1n) is 5.41. The van der Waals surface area contributed by atoms with Gasteiger partial charge in [-0.3, -0.25) is 9.69 Å². The van der Waals surface area contributed by atoms with Crippen molar-refractivity contribution < 1.29 is 9.53 Å². The standard InChI is InChI=1S/C11H21NO2/c1-4-5-10(13)8-12-6-7-14-11(2,3)9-12/h4-9H2,1-3H3. The van der Waals surface area contributed by atoms with Gasteiger partial charge in [0, 0.05) is 19.5 Å². The van der Waals surface area contributed by atoms with Crippen LogP contribution in [-0.4, -0.2) is 42.5 Å². The fourth-order valence-electron chi connectivity index (χ4n) is 1.86. The predicted molar refractivity (Wildman–Crippen MR) is 56.4 cm³/mol. The fraction of sp³-hybridized carbons (Fsp3) is 0.909. The maximum Gasteiger partial charge on any atom is 0.146 e. The first kappa shape index (κ1) is 11.7. The van der Waals surface area contributed by atoms with Crippen molar-refractivity contribution in [3.05, 3.63) is 0 Å². The van der Waals surface area contributed by atoms with E-state index in [0.29, 0.717) is 18.7 Å². The third-order valence-corrected chi connectivity index (χ3v) is 2.43. The molecule has 1 heterocycles. The van der Waals surface area contributed by atoms with Crippen LogP contribution in [-0.2, 0) is 9.53 Å². The second-order valence-corrected chi connectivity index (χ2v) is 4.61. The van der Waals surface area contributed by atoms with Gasteiger partial charge in [-0.15, -0.1) is 0 Å². The van der Waals surface area contributed by atoms with Crippen molar-refractivity contribution in [1.29, 1.82) is 0 Å². The third-order valence-electron chi connectivity index (χ3n) is 2.43.